The Morgan fingerprint density at radius 1 is 0.688 bits per heavy atom. The van der Waals surface area contributed by atoms with Gasteiger partial charge in [-0.3, -0.25) is 9.59 Å². The van der Waals surface area contributed by atoms with Crippen molar-refractivity contribution < 1.29 is 19.1 Å². The number of ether oxygens (including phenoxy) is 2. The first-order chi connectivity index (χ1) is 15.5. The van der Waals surface area contributed by atoms with Gasteiger partial charge in [-0.1, -0.05) is 51.7 Å². The van der Waals surface area contributed by atoms with Crippen LogP contribution in [0.2, 0.25) is 0 Å². The molecule has 6 heteroatoms. The Labute approximate surface area is 191 Å². The first kappa shape index (κ1) is 25.2. The average Bonchev–Trinajstić information content (AvgIpc) is 2.77. The molecule has 172 valence electrons. The van der Waals surface area contributed by atoms with Crippen LogP contribution >= 0.6 is 0 Å². The summed E-state index contributed by atoms with van der Waals surface area (Å²) in [5, 5.41) is 8.71. The largest absolute Gasteiger partial charge is 0.426 e. The highest BCUT2D eigenvalue weighted by atomic mass is 16.5. The lowest BCUT2D eigenvalue weighted by molar-refractivity contribution is -0.135. The van der Waals surface area contributed by atoms with E-state index in [9.17, 15) is 9.59 Å². The average molecular weight is 439 g/mol. The molecule has 32 heavy (non-hydrogen) atoms. The third kappa shape index (κ3) is 7.91. The van der Waals surface area contributed by atoms with Gasteiger partial charge in [0.1, 0.15) is 11.5 Å². The molecular formula is C26H34N2O4. The van der Waals surface area contributed by atoms with Crippen LogP contribution < -0.4 is 9.47 Å². The molecule has 0 unspecified atom stereocenters. The number of nitrogens with zero attached hydrogens (tertiary/aromatic N) is 2. The van der Waals surface area contributed by atoms with E-state index in [-0.39, 0.29) is 11.9 Å². The summed E-state index contributed by atoms with van der Waals surface area (Å²) < 4.78 is 11.0. The van der Waals surface area contributed by atoms with Crippen molar-refractivity contribution in [3.05, 3.63) is 47.5 Å². The summed E-state index contributed by atoms with van der Waals surface area (Å²) in [4.78, 5) is 24.1. The number of rotatable bonds is 12. The van der Waals surface area contributed by atoms with Crippen molar-refractivity contribution in [1.82, 2.24) is 0 Å². The van der Waals surface area contributed by atoms with Crippen LogP contribution in [0.4, 0.5) is 11.4 Å². The van der Waals surface area contributed by atoms with Gasteiger partial charge in [-0.2, -0.15) is 10.2 Å². The fraction of sp³-hybridized carbons (Fsp3) is 0.462. The maximum Gasteiger partial charge on any atom is 0.311 e. The minimum Gasteiger partial charge on any atom is -0.426 e. The molecule has 2 aromatic rings. The number of esters is 2. The van der Waals surface area contributed by atoms with Gasteiger partial charge < -0.3 is 9.47 Å². The summed E-state index contributed by atoms with van der Waals surface area (Å²) in [5.74, 6) is 0.517. The zero-order chi connectivity index (χ0) is 23.3. The van der Waals surface area contributed by atoms with E-state index in [1.807, 2.05) is 26.0 Å². The van der Waals surface area contributed by atoms with Gasteiger partial charge in [0.2, 0.25) is 0 Å². The number of carbonyl (C=O) groups is 2. The normalized spacial score (nSPS) is 11.0. The summed E-state index contributed by atoms with van der Waals surface area (Å²) >= 11 is 0. The van der Waals surface area contributed by atoms with Crippen LogP contribution in [0.1, 0.15) is 76.3 Å². The van der Waals surface area contributed by atoms with Gasteiger partial charge in [-0.25, -0.2) is 0 Å². The molecule has 0 fully saturated rings. The van der Waals surface area contributed by atoms with E-state index >= 15 is 0 Å². The maximum absolute atomic E-state index is 12.1. The predicted molar refractivity (Wildman–Crippen MR) is 126 cm³/mol. The Kier molecular flexibility index (Phi) is 10.6. The van der Waals surface area contributed by atoms with Crippen molar-refractivity contribution in [2.75, 3.05) is 0 Å². The molecule has 0 heterocycles. The molecule has 0 bridgehead atoms. The second kappa shape index (κ2) is 13.4. The molecule has 0 aliphatic carbocycles. The molecule has 0 aromatic heterocycles. The second-order valence-electron chi connectivity index (χ2n) is 7.86. The summed E-state index contributed by atoms with van der Waals surface area (Å²) in [6.45, 7) is 7.90. The van der Waals surface area contributed by atoms with Crippen molar-refractivity contribution in [2.45, 2.75) is 79.1 Å². The zero-order valence-electron chi connectivity index (χ0n) is 19.6. The molecule has 2 aromatic carbocycles. The van der Waals surface area contributed by atoms with Crippen molar-refractivity contribution in [1.29, 1.82) is 0 Å². The van der Waals surface area contributed by atoms with Gasteiger partial charge in [0.15, 0.2) is 0 Å². The van der Waals surface area contributed by atoms with Crippen LogP contribution in [0.3, 0.4) is 0 Å². The fourth-order valence-corrected chi connectivity index (χ4v) is 3.14. The van der Waals surface area contributed by atoms with Gasteiger partial charge in [0.25, 0.3) is 0 Å². The van der Waals surface area contributed by atoms with Crippen LogP contribution in [-0.2, 0) is 9.59 Å². The second-order valence-corrected chi connectivity index (χ2v) is 7.86. The molecule has 2 rings (SSSR count). The first-order valence-electron chi connectivity index (χ1n) is 11.5. The fourth-order valence-electron chi connectivity index (χ4n) is 3.14. The lowest BCUT2D eigenvalue weighted by Crippen LogP contribution is -2.08. The highest BCUT2D eigenvalue weighted by molar-refractivity contribution is 5.74. The maximum atomic E-state index is 12.1. The van der Waals surface area contributed by atoms with Crippen LogP contribution in [0, 0.1) is 13.8 Å². The third-order valence-corrected chi connectivity index (χ3v) is 5.19. The molecular weight excluding hydrogens is 404 g/mol. The van der Waals surface area contributed by atoms with Gasteiger partial charge in [0.05, 0.1) is 11.4 Å². The SMILES string of the molecule is CCCCCC(=O)Oc1cccc(N=Nc2cccc(OC(=O)CCCCC)c2C)c1C. The smallest absolute Gasteiger partial charge is 0.311 e. The Balaban J connectivity index is 2.09. The summed E-state index contributed by atoms with van der Waals surface area (Å²) in [6.07, 6.45) is 6.59. The number of hydrogen-bond donors (Lipinski definition) is 0. The van der Waals surface area contributed by atoms with Crippen molar-refractivity contribution in [3.8, 4) is 11.5 Å². The van der Waals surface area contributed by atoms with E-state index in [0.717, 1.165) is 49.7 Å². The quantitative estimate of drug-likeness (QED) is 0.147. The molecule has 0 amide bonds. The van der Waals surface area contributed by atoms with Gasteiger partial charge in [-0.15, -0.1) is 0 Å². The van der Waals surface area contributed by atoms with Crippen LogP contribution in [0.25, 0.3) is 0 Å². The van der Waals surface area contributed by atoms with E-state index < -0.39 is 0 Å². The highest BCUT2D eigenvalue weighted by Gasteiger charge is 2.12. The molecule has 0 aliphatic rings. The number of benzene rings is 2. The monoisotopic (exact) mass is 438 g/mol. The molecule has 0 radical (unpaired) electrons. The van der Waals surface area contributed by atoms with Crippen LogP contribution in [0.5, 0.6) is 11.5 Å². The van der Waals surface area contributed by atoms with E-state index in [0.29, 0.717) is 35.7 Å². The minimum absolute atomic E-state index is 0.236. The van der Waals surface area contributed by atoms with E-state index in [4.69, 9.17) is 9.47 Å². The molecule has 0 N–H and O–H groups in total. The van der Waals surface area contributed by atoms with Gasteiger partial charge in [-0.05, 0) is 51.0 Å². The molecule has 0 atom stereocenters. The zero-order valence-corrected chi connectivity index (χ0v) is 19.6. The number of carbonyl (C=O) groups excluding carboxylic acids is 2. The summed E-state index contributed by atoms with van der Waals surface area (Å²) in [5.41, 5.74) is 2.72. The molecule has 6 nitrogen and oxygen atoms in total. The minimum atomic E-state index is -0.236. The number of unbranched alkanes of at least 4 members (excludes halogenated alkanes) is 4. The topological polar surface area (TPSA) is 77.3 Å². The Morgan fingerprint density at radius 3 is 1.47 bits per heavy atom. The summed E-state index contributed by atoms with van der Waals surface area (Å²) in [7, 11) is 0. The number of hydrogen-bond acceptors (Lipinski definition) is 6. The third-order valence-electron chi connectivity index (χ3n) is 5.19. The van der Waals surface area contributed by atoms with E-state index in [1.165, 1.54) is 0 Å². The Morgan fingerprint density at radius 2 is 1.09 bits per heavy atom. The first-order valence-corrected chi connectivity index (χ1v) is 11.5. The Hall–Kier alpha value is -3.02. The standard InChI is InChI=1S/C26H34N2O4/c1-5-7-9-17-25(29)31-23-15-11-13-21(19(23)3)27-28-22-14-12-16-24(20(22)4)32-26(30)18-10-8-6-2/h11-16H,5-10,17-18H2,1-4H3. The van der Waals surface area contributed by atoms with Crippen molar-refractivity contribution in [3.63, 3.8) is 0 Å². The predicted octanol–water partition coefficient (Wildman–Crippen LogP) is 7.69. The summed E-state index contributed by atoms with van der Waals surface area (Å²) in [6, 6.07) is 10.7. The van der Waals surface area contributed by atoms with Crippen LogP contribution in [-0.4, -0.2) is 11.9 Å². The molecule has 0 aliphatic heterocycles. The highest BCUT2D eigenvalue weighted by Crippen LogP contribution is 2.32. The van der Waals surface area contributed by atoms with E-state index in [2.05, 4.69) is 24.1 Å². The van der Waals surface area contributed by atoms with E-state index in [1.54, 1.807) is 24.3 Å². The molecule has 0 saturated heterocycles. The van der Waals surface area contributed by atoms with Gasteiger partial charge >= 0.3 is 11.9 Å². The van der Waals surface area contributed by atoms with Gasteiger partial charge in [0, 0.05) is 24.0 Å². The lowest BCUT2D eigenvalue weighted by Gasteiger charge is -2.10. The van der Waals surface area contributed by atoms with Crippen molar-refractivity contribution in [2.24, 2.45) is 10.2 Å². The lowest BCUT2D eigenvalue weighted by atomic mass is 10.1. The molecule has 0 saturated carbocycles. The number of azo groups is 1. The van der Waals surface area contributed by atoms with Crippen molar-refractivity contribution >= 4 is 23.3 Å². The Bertz CT molecular complexity index is 862. The molecule has 0 spiro atoms. The van der Waals surface area contributed by atoms with Crippen LogP contribution in [0.15, 0.2) is 46.6 Å².